The number of hydrogen-bond acceptors (Lipinski definition) is 2. The minimum Gasteiger partial charge on any atom is -0.493 e. The van der Waals surface area contributed by atoms with Crippen LogP contribution < -0.4 is 4.74 Å². The number of carboxylic acids is 1. The third-order valence-electron chi connectivity index (χ3n) is 4.47. The van der Waals surface area contributed by atoms with E-state index in [0.29, 0.717) is 36.1 Å². The van der Waals surface area contributed by atoms with Crippen molar-refractivity contribution in [3.05, 3.63) is 28.8 Å². The Bertz CT molecular complexity index is 516. The molecule has 2 fully saturated rings. The van der Waals surface area contributed by atoms with E-state index < -0.39 is 11.4 Å². The molecule has 0 aliphatic heterocycles. The van der Waals surface area contributed by atoms with Gasteiger partial charge in [0.05, 0.1) is 12.0 Å². The molecule has 2 aliphatic rings. The maximum atomic E-state index is 11.7. The fourth-order valence-electron chi connectivity index (χ4n) is 3.03. The maximum Gasteiger partial charge on any atom is 0.314 e. The van der Waals surface area contributed by atoms with Gasteiger partial charge in [-0.15, -0.1) is 0 Å². The van der Waals surface area contributed by atoms with E-state index in [1.165, 1.54) is 12.8 Å². The molecule has 0 saturated heterocycles. The molecule has 1 aromatic rings. The molecule has 0 bridgehead atoms. The summed E-state index contributed by atoms with van der Waals surface area (Å²) < 4.78 is 5.76. The molecule has 0 heterocycles. The lowest BCUT2D eigenvalue weighted by atomic mass is 9.79. The van der Waals surface area contributed by atoms with Crippen molar-refractivity contribution < 1.29 is 14.6 Å². The van der Waals surface area contributed by atoms with E-state index in [1.54, 1.807) is 12.1 Å². The second kappa shape index (κ2) is 5.28. The number of hydrogen-bond donors (Lipinski definition) is 1. The highest BCUT2D eigenvalue weighted by Crippen LogP contribution is 2.43. The fraction of sp³-hybridized carbons (Fsp3) is 0.562. The number of rotatable bonds is 5. The fourth-order valence-corrected chi connectivity index (χ4v) is 3.25. The number of carboxylic acid groups (broad SMARTS) is 1. The van der Waals surface area contributed by atoms with Crippen LogP contribution in [0.15, 0.2) is 18.2 Å². The molecule has 2 aliphatic carbocycles. The van der Waals surface area contributed by atoms with Gasteiger partial charge in [0, 0.05) is 5.02 Å². The second-order valence-electron chi connectivity index (χ2n) is 6.02. The first-order valence-electron chi connectivity index (χ1n) is 7.27. The van der Waals surface area contributed by atoms with E-state index in [-0.39, 0.29) is 0 Å². The molecule has 20 heavy (non-hydrogen) atoms. The lowest BCUT2D eigenvalue weighted by Crippen LogP contribution is -2.32. The standard InChI is InChI=1S/C16H19ClO3/c17-13-7-12(16(15(18)19)5-1-2-6-16)8-14(9-13)20-10-11-3-4-11/h7-9,11H,1-6,10H2,(H,18,19). The summed E-state index contributed by atoms with van der Waals surface area (Å²) in [5.41, 5.74) is 0.0172. The van der Waals surface area contributed by atoms with Crippen LogP contribution in [0.5, 0.6) is 5.75 Å². The zero-order valence-corrected chi connectivity index (χ0v) is 12.2. The van der Waals surface area contributed by atoms with Crippen LogP contribution in [0.1, 0.15) is 44.1 Å². The summed E-state index contributed by atoms with van der Waals surface area (Å²) in [6.45, 7) is 0.708. The maximum absolute atomic E-state index is 11.7. The van der Waals surface area contributed by atoms with E-state index in [0.717, 1.165) is 18.4 Å². The monoisotopic (exact) mass is 294 g/mol. The first-order chi connectivity index (χ1) is 9.60. The molecule has 1 N–H and O–H groups in total. The van der Waals surface area contributed by atoms with Crippen molar-refractivity contribution in [2.45, 2.75) is 43.9 Å². The molecule has 4 heteroatoms. The molecule has 0 aromatic heterocycles. The van der Waals surface area contributed by atoms with Crippen LogP contribution in [0.2, 0.25) is 5.02 Å². The summed E-state index contributed by atoms with van der Waals surface area (Å²) in [4.78, 5) is 11.7. The van der Waals surface area contributed by atoms with Gasteiger partial charge in [0.1, 0.15) is 5.75 Å². The lowest BCUT2D eigenvalue weighted by molar-refractivity contribution is -0.143. The van der Waals surface area contributed by atoms with Crippen molar-refractivity contribution in [1.29, 1.82) is 0 Å². The molecule has 2 saturated carbocycles. The zero-order chi connectivity index (χ0) is 14.2. The minimum atomic E-state index is -0.775. The topological polar surface area (TPSA) is 46.5 Å². The number of aliphatic carboxylic acids is 1. The minimum absolute atomic E-state index is 0.556. The summed E-state index contributed by atoms with van der Waals surface area (Å²) >= 11 is 6.15. The van der Waals surface area contributed by atoms with Crippen LogP contribution in [0.4, 0.5) is 0 Å². The molecular weight excluding hydrogens is 276 g/mol. The summed E-state index contributed by atoms with van der Waals surface area (Å²) in [6, 6.07) is 5.43. The smallest absolute Gasteiger partial charge is 0.314 e. The van der Waals surface area contributed by atoms with Gasteiger partial charge >= 0.3 is 5.97 Å². The van der Waals surface area contributed by atoms with Gasteiger partial charge in [-0.2, -0.15) is 0 Å². The normalized spacial score (nSPS) is 20.9. The Morgan fingerprint density at radius 2 is 2.00 bits per heavy atom. The molecule has 1 aromatic carbocycles. The summed E-state index contributed by atoms with van der Waals surface area (Å²) in [6.07, 6.45) is 5.74. The lowest BCUT2D eigenvalue weighted by Gasteiger charge is -2.25. The number of carbonyl (C=O) groups is 1. The predicted octanol–water partition coefficient (Wildman–Crippen LogP) is 4.03. The van der Waals surface area contributed by atoms with Gasteiger partial charge in [-0.05, 0) is 55.4 Å². The van der Waals surface area contributed by atoms with Crippen LogP contribution in [0.25, 0.3) is 0 Å². The van der Waals surface area contributed by atoms with E-state index in [9.17, 15) is 9.90 Å². The molecule has 108 valence electrons. The number of ether oxygens (including phenoxy) is 1. The van der Waals surface area contributed by atoms with Crippen molar-refractivity contribution in [3.63, 3.8) is 0 Å². The molecular formula is C16H19ClO3. The number of halogens is 1. The SMILES string of the molecule is O=C(O)C1(c2cc(Cl)cc(OCC3CC3)c2)CCCC1. The van der Waals surface area contributed by atoms with E-state index in [2.05, 4.69) is 0 Å². The zero-order valence-electron chi connectivity index (χ0n) is 11.4. The van der Waals surface area contributed by atoms with Crippen LogP contribution >= 0.6 is 11.6 Å². The Labute approximate surface area is 123 Å². The van der Waals surface area contributed by atoms with Crippen molar-refractivity contribution in [1.82, 2.24) is 0 Å². The Kier molecular flexibility index (Phi) is 3.63. The Morgan fingerprint density at radius 3 is 2.60 bits per heavy atom. The van der Waals surface area contributed by atoms with Crippen molar-refractivity contribution in [2.24, 2.45) is 5.92 Å². The molecule has 0 unspecified atom stereocenters. The molecule has 0 amide bonds. The van der Waals surface area contributed by atoms with Gasteiger partial charge in [-0.3, -0.25) is 4.79 Å². The summed E-state index contributed by atoms with van der Waals surface area (Å²) in [5.74, 6) is 0.620. The molecule has 3 nitrogen and oxygen atoms in total. The van der Waals surface area contributed by atoms with Crippen molar-refractivity contribution in [3.8, 4) is 5.75 Å². The highest BCUT2D eigenvalue weighted by atomic mass is 35.5. The highest BCUT2D eigenvalue weighted by Gasteiger charge is 2.43. The third kappa shape index (κ3) is 2.64. The predicted molar refractivity (Wildman–Crippen MR) is 77.5 cm³/mol. The second-order valence-corrected chi connectivity index (χ2v) is 6.46. The first-order valence-corrected chi connectivity index (χ1v) is 7.65. The van der Waals surface area contributed by atoms with Crippen LogP contribution in [0.3, 0.4) is 0 Å². The van der Waals surface area contributed by atoms with Gasteiger partial charge in [0.25, 0.3) is 0 Å². The average Bonchev–Trinajstić information content (AvgIpc) is 3.09. The van der Waals surface area contributed by atoms with Gasteiger partial charge in [0.15, 0.2) is 0 Å². The quantitative estimate of drug-likeness (QED) is 0.892. The third-order valence-corrected chi connectivity index (χ3v) is 4.69. The van der Waals surface area contributed by atoms with Crippen molar-refractivity contribution >= 4 is 17.6 Å². The van der Waals surface area contributed by atoms with Crippen LogP contribution in [-0.2, 0) is 10.2 Å². The van der Waals surface area contributed by atoms with Gasteiger partial charge < -0.3 is 9.84 Å². The Morgan fingerprint density at radius 1 is 1.30 bits per heavy atom. The molecule has 0 atom stereocenters. The van der Waals surface area contributed by atoms with E-state index in [4.69, 9.17) is 16.3 Å². The van der Waals surface area contributed by atoms with Gasteiger partial charge in [0.2, 0.25) is 0 Å². The van der Waals surface area contributed by atoms with E-state index in [1.807, 2.05) is 6.07 Å². The largest absolute Gasteiger partial charge is 0.493 e. The Hall–Kier alpha value is -1.22. The van der Waals surface area contributed by atoms with Crippen LogP contribution in [0, 0.1) is 5.92 Å². The van der Waals surface area contributed by atoms with E-state index >= 15 is 0 Å². The van der Waals surface area contributed by atoms with Crippen molar-refractivity contribution in [2.75, 3.05) is 6.61 Å². The molecule has 0 spiro atoms. The number of benzene rings is 1. The summed E-state index contributed by atoms with van der Waals surface area (Å²) in [7, 11) is 0. The summed E-state index contributed by atoms with van der Waals surface area (Å²) in [5, 5.41) is 10.2. The average molecular weight is 295 g/mol. The molecule has 3 rings (SSSR count). The first kappa shape index (κ1) is 13.7. The van der Waals surface area contributed by atoms with Crippen LogP contribution in [-0.4, -0.2) is 17.7 Å². The Balaban J connectivity index is 1.88. The molecule has 0 radical (unpaired) electrons. The van der Waals surface area contributed by atoms with Gasteiger partial charge in [-0.1, -0.05) is 24.4 Å². The highest BCUT2D eigenvalue weighted by molar-refractivity contribution is 6.30. The van der Waals surface area contributed by atoms with Gasteiger partial charge in [-0.25, -0.2) is 0 Å².